The van der Waals surface area contributed by atoms with Gasteiger partial charge < -0.3 is 14.8 Å². The third-order valence-electron chi connectivity index (χ3n) is 3.74. The van der Waals surface area contributed by atoms with Crippen LogP contribution in [0.2, 0.25) is 5.02 Å². The van der Waals surface area contributed by atoms with Gasteiger partial charge in [-0.2, -0.15) is 5.26 Å². The largest absolute Gasteiger partial charge is 0.423 e. The maximum atomic E-state index is 12.2. The van der Waals surface area contributed by atoms with E-state index < -0.39 is 22.5 Å². The van der Waals surface area contributed by atoms with Crippen LogP contribution in [0.25, 0.3) is 6.08 Å². The Balaban J connectivity index is 2.09. The third kappa shape index (κ3) is 6.13. The van der Waals surface area contributed by atoms with Gasteiger partial charge in [0.2, 0.25) is 0 Å². The number of amides is 1. The number of hydrogen-bond donors (Lipinski definition) is 1. The predicted molar refractivity (Wildman–Crippen MR) is 108 cm³/mol. The van der Waals surface area contributed by atoms with E-state index in [9.17, 15) is 19.7 Å². The minimum atomic E-state index is -0.798. The van der Waals surface area contributed by atoms with Crippen molar-refractivity contribution in [3.63, 3.8) is 0 Å². The topological polar surface area (TPSA) is 132 Å². The average Bonchev–Trinajstić information content (AvgIpc) is 2.73. The van der Waals surface area contributed by atoms with Crippen molar-refractivity contribution >= 4 is 35.2 Å². The highest BCUT2D eigenvalue weighted by Gasteiger charge is 2.17. The minimum absolute atomic E-state index is 0.0328. The zero-order valence-corrected chi connectivity index (χ0v) is 16.5. The van der Waals surface area contributed by atoms with Crippen molar-refractivity contribution in [2.45, 2.75) is 0 Å². The SMILES string of the molecule is COCCNC(=O)/C(C#N)=C/c1ccc(OC(=O)c2ccc(Cl)c([N+](=O)[O-])c2)cc1. The molecule has 0 radical (unpaired) electrons. The third-order valence-corrected chi connectivity index (χ3v) is 4.06. The summed E-state index contributed by atoms with van der Waals surface area (Å²) < 4.78 is 10.0. The molecule has 2 aromatic rings. The van der Waals surface area contributed by atoms with Crippen LogP contribution >= 0.6 is 11.6 Å². The molecule has 0 spiro atoms. The fraction of sp³-hybridized carbons (Fsp3) is 0.150. The summed E-state index contributed by atoms with van der Waals surface area (Å²) >= 11 is 5.73. The van der Waals surface area contributed by atoms with Gasteiger partial charge in [0.05, 0.1) is 17.1 Å². The molecule has 0 aliphatic rings. The van der Waals surface area contributed by atoms with Crippen LogP contribution in [0.1, 0.15) is 15.9 Å². The van der Waals surface area contributed by atoms with Gasteiger partial charge in [0.15, 0.2) is 0 Å². The van der Waals surface area contributed by atoms with E-state index in [2.05, 4.69) is 5.32 Å². The molecule has 0 bridgehead atoms. The molecule has 0 unspecified atom stereocenters. The van der Waals surface area contributed by atoms with E-state index in [0.717, 1.165) is 6.07 Å². The number of nitro benzene ring substituents is 1. The maximum Gasteiger partial charge on any atom is 0.343 e. The Morgan fingerprint density at radius 1 is 1.27 bits per heavy atom. The summed E-state index contributed by atoms with van der Waals surface area (Å²) in [5, 5.41) is 22.5. The number of nitrogens with one attached hydrogen (secondary N) is 1. The molecule has 2 aromatic carbocycles. The number of esters is 1. The van der Waals surface area contributed by atoms with Crippen LogP contribution in [0.5, 0.6) is 5.75 Å². The molecule has 0 heterocycles. The van der Waals surface area contributed by atoms with Gasteiger partial charge in [0.25, 0.3) is 11.6 Å². The van der Waals surface area contributed by atoms with Crippen molar-refractivity contribution in [1.29, 1.82) is 5.26 Å². The highest BCUT2D eigenvalue weighted by molar-refractivity contribution is 6.32. The van der Waals surface area contributed by atoms with Crippen LogP contribution in [0.4, 0.5) is 5.69 Å². The van der Waals surface area contributed by atoms with Gasteiger partial charge >= 0.3 is 5.97 Å². The highest BCUT2D eigenvalue weighted by Crippen LogP contribution is 2.26. The van der Waals surface area contributed by atoms with Crippen molar-refractivity contribution in [3.8, 4) is 11.8 Å². The minimum Gasteiger partial charge on any atom is -0.423 e. The van der Waals surface area contributed by atoms with E-state index in [1.165, 1.54) is 37.5 Å². The summed E-state index contributed by atoms with van der Waals surface area (Å²) in [4.78, 5) is 34.4. The summed E-state index contributed by atoms with van der Waals surface area (Å²) in [6, 6.07) is 11.4. The lowest BCUT2D eigenvalue weighted by Gasteiger charge is -2.06. The molecule has 1 N–H and O–H groups in total. The van der Waals surface area contributed by atoms with Gasteiger partial charge in [-0.25, -0.2) is 4.79 Å². The van der Waals surface area contributed by atoms with Crippen LogP contribution in [0.3, 0.4) is 0 Å². The lowest BCUT2D eigenvalue weighted by Crippen LogP contribution is -2.27. The zero-order chi connectivity index (χ0) is 22.1. The van der Waals surface area contributed by atoms with E-state index >= 15 is 0 Å². The number of nitro groups is 1. The molecule has 0 saturated heterocycles. The number of halogens is 1. The number of hydrogen-bond acceptors (Lipinski definition) is 7. The number of carbonyl (C=O) groups excluding carboxylic acids is 2. The molecule has 2 rings (SSSR count). The molecular formula is C20H16ClN3O6. The van der Waals surface area contributed by atoms with Gasteiger partial charge in [-0.3, -0.25) is 14.9 Å². The average molecular weight is 430 g/mol. The maximum absolute atomic E-state index is 12.2. The number of carbonyl (C=O) groups is 2. The molecule has 0 atom stereocenters. The molecule has 0 saturated carbocycles. The van der Waals surface area contributed by atoms with E-state index in [4.69, 9.17) is 26.3 Å². The second-order valence-corrected chi connectivity index (χ2v) is 6.21. The monoisotopic (exact) mass is 429 g/mol. The zero-order valence-electron chi connectivity index (χ0n) is 15.8. The van der Waals surface area contributed by atoms with E-state index in [1.54, 1.807) is 12.1 Å². The molecule has 154 valence electrons. The molecule has 30 heavy (non-hydrogen) atoms. The quantitative estimate of drug-likeness (QED) is 0.130. The van der Waals surface area contributed by atoms with Gasteiger partial charge in [-0.1, -0.05) is 23.7 Å². The van der Waals surface area contributed by atoms with E-state index in [0.29, 0.717) is 12.2 Å². The summed E-state index contributed by atoms with van der Waals surface area (Å²) in [5.41, 5.74) is 0.00803. The van der Waals surface area contributed by atoms with Crippen LogP contribution in [0.15, 0.2) is 48.0 Å². The second-order valence-electron chi connectivity index (χ2n) is 5.80. The summed E-state index contributed by atoms with van der Waals surface area (Å²) in [6.07, 6.45) is 1.39. The first-order valence-corrected chi connectivity index (χ1v) is 8.88. The van der Waals surface area contributed by atoms with Crippen LogP contribution in [-0.2, 0) is 9.53 Å². The Labute approximate surface area is 176 Å². The Hall–Kier alpha value is -3.74. The standard InChI is InChI=1S/C20H16ClN3O6/c1-29-9-8-23-19(25)15(12-22)10-13-2-5-16(6-3-13)30-20(26)14-4-7-17(21)18(11-14)24(27)28/h2-7,10-11H,8-9H2,1H3,(H,23,25)/b15-10+. The van der Waals surface area contributed by atoms with Gasteiger partial charge in [-0.05, 0) is 35.9 Å². The number of benzene rings is 2. The van der Waals surface area contributed by atoms with Crippen molar-refractivity contribution in [2.24, 2.45) is 0 Å². The van der Waals surface area contributed by atoms with Crippen molar-refractivity contribution in [2.75, 3.05) is 20.3 Å². The Bertz CT molecular complexity index is 1030. The molecular weight excluding hydrogens is 414 g/mol. The fourth-order valence-corrected chi connectivity index (χ4v) is 2.44. The predicted octanol–water partition coefficient (Wildman–Crippen LogP) is 3.14. The normalized spacial score (nSPS) is 10.8. The molecule has 10 heteroatoms. The van der Waals surface area contributed by atoms with Gasteiger partial charge in [0.1, 0.15) is 22.4 Å². The highest BCUT2D eigenvalue weighted by atomic mass is 35.5. The summed E-state index contributed by atoms with van der Waals surface area (Å²) in [5.74, 6) is -1.15. The smallest absolute Gasteiger partial charge is 0.343 e. The molecule has 0 fully saturated rings. The molecule has 9 nitrogen and oxygen atoms in total. The second kappa shape index (κ2) is 10.7. The Kier molecular flexibility index (Phi) is 8.05. The lowest BCUT2D eigenvalue weighted by molar-refractivity contribution is -0.384. The molecule has 1 amide bonds. The number of ether oxygens (including phenoxy) is 2. The number of methoxy groups -OCH3 is 1. The first-order chi connectivity index (χ1) is 14.3. The van der Waals surface area contributed by atoms with Crippen LogP contribution < -0.4 is 10.1 Å². The van der Waals surface area contributed by atoms with Gasteiger partial charge in [-0.15, -0.1) is 0 Å². The van der Waals surface area contributed by atoms with Crippen molar-refractivity contribution < 1.29 is 24.0 Å². The number of nitriles is 1. The fourth-order valence-electron chi connectivity index (χ4n) is 2.25. The first kappa shape index (κ1) is 22.5. The van der Waals surface area contributed by atoms with Crippen molar-refractivity contribution in [3.05, 3.63) is 74.3 Å². The van der Waals surface area contributed by atoms with E-state index in [-0.39, 0.29) is 28.5 Å². The molecule has 0 aromatic heterocycles. The van der Waals surface area contributed by atoms with Crippen LogP contribution in [-0.4, -0.2) is 37.1 Å². The van der Waals surface area contributed by atoms with Gasteiger partial charge in [0, 0.05) is 19.7 Å². The van der Waals surface area contributed by atoms with E-state index in [1.807, 2.05) is 6.07 Å². The molecule has 0 aliphatic heterocycles. The lowest BCUT2D eigenvalue weighted by atomic mass is 10.1. The Morgan fingerprint density at radius 3 is 2.57 bits per heavy atom. The van der Waals surface area contributed by atoms with Crippen molar-refractivity contribution in [1.82, 2.24) is 5.32 Å². The number of nitrogens with zero attached hydrogens (tertiary/aromatic N) is 2. The summed E-state index contributed by atoms with van der Waals surface area (Å²) in [7, 11) is 1.50. The summed E-state index contributed by atoms with van der Waals surface area (Å²) in [6.45, 7) is 0.591. The van der Waals surface area contributed by atoms with Crippen LogP contribution in [0, 0.1) is 21.4 Å². The number of rotatable bonds is 8. The first-order valence-electron chi connectivity index (χ1n) is 8.51. The molecule has 0 aliphatic carbocycles. The Morgan fingerprint density at radius 2 is 1.97 bits per heavy atom.